The van der Waals surface area contributed by atoms with Gasteiger partial charge in [0, 0.05) is 19.6 Å². The van der Waals surface area contributed by atoms with E-state index in [0.29, 0.717) is 26.4 Å². The van der Waals surface area contributed by atoms with Crippen molar-refractivity contribution < 1.29 is 33.4 Å². The van der Waals surface area contributed by atoms with E-state index < -0.39 is 29.9 Å². The Labute approximate surface area is 193 Å². The molecule has 4 amide bonds. The van der Waals surface area contributed by atoms with Gasteiger partial charge in [0.1, 0.15) is 12.6 Å². The SMILES string of the molecule is CCCOCCOCCNC(=O)CNC(=O)C(CCC(N)=O)NC(=O)OCc1ccccc1. The van der Waals surface area contributed by atoms with Crippen LogP contribution in [-0.4, -0.2) is 69.4 Å². The van der Waals surface area contributed by atoms with Crippen LogP contribution in [0.15, 0.2) is 30.3 Å². The molecule has 11 heteroatoms. The first-order valence-corrected chi connectivity index (χ1v) is 10.9. The summed E-state index contributed by atoms with van der Waals surface area (Å²) in [6.45, 7) is 3.93. The molecule has 33 heavy (non-hydrogen) atoms. The standard InChI is InChI=1S/C22H34N4O7/c1-2-11-31-13-14-32-12-10-24-20(28)15-25-21(29)18(8-9-19(23)27)26-22(30)33-16-17-6-4-3-5-7-17/h3-7,18H,2,8-16H2,1H3,(H2,23,27)(H,24,28)(H,25,29)(H,26,30). The van der Waals surface area contributed by atoms with Crippen molar-refractivity contribution in [3.63, 3.8) is 0 Å². The molecule has 1 aromatic rings. The van der Waals surface area contributed by atoms with Crippen LogP contribution in [0.4, 0.5) is 4.79 Å². The predicted molar refractivity (Wildman–Crippen MR) is 120 cm³/mol. The Morgan fingerprint density at radius 3 is 2.33 bits per heavy atom. The minimum absolute atomic E-state index is 0.0199. The average molecular weight is 467 g/mol. The normalized spacial score (nSPS) is 11.3. The largest absolute Gasteiger partial charge is 0.445 e. The van der Waals surface area contributed by atoms with E-state index in [-0.39, 0.29) is 32.5 Å². The number of rotatable bonds is 17. The van der Waals surface area contributed by atoms with Crippen LogP contribution < -0.4 is 21.7 Å². The molecule has 0 fully saturated rings. The Bertz CT molecular complexity index is 731. The van der Waals surface area contributed by atoms with Crippen molar-refractivity contribution in [2.24, 2.45) is 5.73 Å². The first kappa shape index (κ1) is 27.9. The first-order valence-electron chi connectivity index (χ1n) is 10.9. The fourth-order valence-electron chi connectivity index (χ4n) is 2.54. The number of carbonyl (C=O) groups excluding carboxylic acids is 4. The molecule has 1 aromatic carbocycles. The summed E-state index contributed by atoms with van der Waals surface area (Å²) in [6, 6.07) is 7.93. The van der Waals surface area contributed by atoms with Crippen molar-refractivity contribution in [2.45, 2.75) is 38.8 Å². The fourth-order valence-corrected chi connectivity index (χ4v) is 2.54. The molecule has 1 rings (SSSR count). The zero-order chi connectivity index (χ0) is 24.3. The summed E-state index contributed by atoms with van der Waals surface area (Å²) in [4.78, 5) is 47.5. The smallest absolute Gasteiger partial charge is 0.408 e. The maximum atomic E-state index is 12.4. The average Bonchev–Trinajstić information content (AvgIpc) is 2.81. The number of nitrogens with two attached hydrogens (primary N) is 1. The summed E-state index contributed by atoms with van der Waals surface area (Å²) in [5, 5.41) is 7.43. The van der Waals surface area contributed by atoms with E-state index >= 15 is 0 Å². The Hall–Kier alpha value is -3.18. The summed E-state index contributed by atoms with van der Waals surface area (Å²) in [5.41, 5.74) is 5.92. The molecule has 0 bridgehead atoms. The van der Waals surface area contributed by atoms with Gasteiger partial charge in [0.05, 0.1) is 26.4 Å². The van der Waals surface area contributed by atoms with Gasteiger partial charge in [0.2, 0.25) is 17.7 Å². The molecule has 0 saturated carbocycles. The summed E-state index contributed by atoms with van der Waals surface area (Å²) in [5.74, 6) is -1.67. The van der Waals surface area contributed by atoms with Crippen molar-refractivity contribution in [3.05, 3.63) is 35.9 Å². The number of amides is 4. The zero-order valence-electron chi connectivity index (χ0n) is 19.0. The van der Waals surface area contributed by atoms with E-state index in [1.54, 1.807) is 24.3 Å². The van der Waals surface area contributed by atoms with Gasteiger partial charge in [-0.15, -0.1) is 0 Å². The highest BCUT2D eigenvalue weighted by atomic mass is 16.5. The molecule has 1 atom stereocenters. The third kappa shape index (κ3) is 14.5. The van der Waals surface area contributed by atoms with Crippen LogP contribution in [0.5, 0.6) is 0 Å². The highest BCUT2D eigenvalue weighted by Crippen LogP contribution is 2.02. The molecule has 0 radical (unpaired) electrons. The van der Waals surface area contributed by atoms with Gasteiger partial charge < -0.3 is 35.9 Å². The Balaban J connectivity index is 2.34. The summed E-state index contributed by atoms with van der Waals surface area (Å²) < 4.78 is 15.7. The first-order chi connectivity index (χ1) is 15.9. The van der Waals surface area contributed by atoms with Gasteiger partial charge in [0.15, 0.2) is 0 Å². The Morgan fingerprint density at radius 1 is 0.970 bits per heavy atom. The second-order valence-corrected chi connectivity index (χ2v) is 7.06. The van der Waals surface area contributed by atoms with Crippen LogP contribution in [0, 0.1) is 0 Å². The number of alkyl carbamates (subject to hydrolysis) is 1. The monoisotopic (exact) mass is 466 g/mol. The molecular formula is C22H34N4O7. The lowest BCUT2D eigenvalue weighted by atomic mass is 10.1. The Morgan fingerprint density at radius 2 is 1.67 bits per heavy atom. The highest BCUT2D eigenvalue weighted by Gasteiger charge is 2.22. The second-order valence-electron chi connectivity index (χ2n) is 7.06. The number of nitrogens with one attached hydrogen (secondary N) is 3. The topological polar surface area (TPSA) is 158 Å². The molecular weight excluding hydrogens is 432 g/mol. The van der Waals surface area contributed by atoms with Gasteiger partial charge in [-0.2, -0.15) is 0 Å². The minimum atomic E-state index is -1.08. The molecule has 184 valence electrons. The van der Waals surface area contributed by atoms with Crippen LogP contribution >= 0.6 is 0 Å². The maximum absolute atomic E-state index is 12.4. The minimum Gasteiger partial charge on any atom is -0.445 e. The van der Waals surface area contributed by atoms with Crippen LogP contribution in [0.3, 0.4) is 0 Å². The number of benzene rings is 1. The molecule has 11 nitrogen and oxygen atoms in total. The zero-order valence-corrected chi connectivity index (χ0v) is 19.0. The summed E-state index contributed by atoms with van der Waals surface area (Å²) in [6.07, 6.45) is -0.0390. The molecule has 0 spiro atoms. The number of hydrogen-bond donors (Lipinski definition) is 4. The Kier molecular flexibility index (Phi) is 14.7. The second kappa shape index (κ2) is 17.4. The van der Waals surface area contributed by atoms with Crippen molar-refractivity contribution in [2.75, 3.05) is 39.5 Å². The van der Waals surface area contributed by atoms with E-state index in [0.717, 1.165) is 12.0 Å². The lowest BCUT2D eigenvalue weighted by Crippen LogP contribution is -2.49. The lowest BCUT2D eigenvalue weighted by Gasteiger charge is -2.18. The molecule has 0 heterocycles. The van der Waals surface area contributed by atoms with Crippen LogP contribution in [0.2, 0.25) is 0 Å². The van der Waals surface area contributed by atoms with Crippen molar-refractivity contribution in [1.29, 1.82) is 0 Å². The molecule has 0 aliphatic heterocycles. The van der Waals surface area contributed by atoms with Crippen molar-refractivity contribution in [1.82, 2.24) is 16.0 Å². The van der Waals surface area contributed by atoms with Gasteiger partial charge in [-0.3, -0.25) is 14.4 Å². The van der Waals surface area contributed by atoms with Gasteiger partial charge in [-0.25, -0.2) is 4.79 Å². The van der Waals surface area contributed by atoms with E-state index in [4.69, 9.17) is 19.9 Å². The molecule has 0 aliphatic rings. The molecule has 0 saturated heterocycles. The van der Waals surface area contributed by atoms with Crippen LogP contribution in [0.25, 0.3) is 0 Å². The molecule has 1 unspecified atom stereocenters. The number of carbonyl (C=O) groups is 4. The maximum Gasteiger partial charge on any atom is 0.408 e. The predicted octanol–water partition coefficient (Wildman–Crippen LogP) is 0.223. The van der Waals surface area contributed by atoms with Gasteiger partial charge in [0.25, 0.3) is 0 Å². The van der Waals surface area contributed by atoms with Gasteiger partial charge in [-0.05, 0) is 18.4 Å². The van der Waals surface area contributed by atoms with Crippen molar-refractivity contribution >= 4 is 23.8 Å². The summed E-state index contributed by atoms with van der Waals surface area (Å²) in [7, 11) is 0. The van der Waals surface area contributed by atoms with Crippen LogP contribution in [0.1, 0.15) is 31.7 Å². The molecule has 0 aliphatic carbocycles. The third-order valence-electron chi connectivity index (χ3n) is 4.21. The van der Waals surface area contributed by atoms with E-state index in [2.05, 4.69) is 16.0 Å². The van der Waals surface area contributed by atoms with Gasteiger partial charge in [-0.1, -0.05) is 37.3 Å². The van der Waals surface area contributed by atoms with Crippen molar-refractivity contribution in [3.8, 4) is 0 Å². The van der Waals surface area contributed by atoms with Crippen LogP contribution in [-0.2, 0) is 35.2 Å². The fraction of sp³-hybridized carbons (Fsp3) is 0.545. The molecule has 0 aromatic heterocycles. The molecule has 5 N–H and O–H groups in total. The van der Waals surface area contributed by atoms with E-state index in [9.17, 15) is 19.2 Å². The highest BCUT2D eigenvalue weighted by molar-refractivity contribution is 5.89. The summed E-state index contributed by atoms with van der Waals surface area (Å²) >= 11 is 0. The number of hydrogen-bond acceptors (Lipinski definition) is 7. The van der Waals surface area contributed by atoms with E-state index in [1.807, 2.05) is 13.0 Å². The third-order valence-corrected chi connectivity index (χ3v) is 4.21. The van der Waals surface area contributed by atoms with E-state index in [1.165, 1.54) is 0 Å². The number of ether oxygens (including phenoxy) is 3. The lowest BCUT2D eigenvalue weighted by molar-refractivity contribution is -0.127. The quantitative estimate of drug-likeness (QED) is 0.239. The number of primary amides is 1. The van der Waals surface area contributed by atoms with Gasteiger partial charge >= 0.3 is 6.09 Å².